The molecule has 0 atom stereocenters. The third kappa shape index (κ3) is 5.71. The standard InChI is InChI=1S/C28H34O4/c1-27(2,3)21-17-23(29-7)19(15-25(21)31-9)13-11-12-14-20-16-26(32-10)22(28(4,5)6)18-24(20)30-8/h15-18H,1-10H3. The highest BCUT2D eigenvalue weighted by atomic mass is 16.5. The number of methoxy groups -OCH3 is 4. The summed E-state index contributed by atoms with van der Waals surface area (Å²) >= 11 is 0. The number of ether oxygens (including phenoxy) is 4. The van der Waals surface area contributed by atoms with Crippen LogP contribution in [0.15, 0.2) is 24.3 Å². The van der Waals surface area contributed by atoms with Crippen LogP contribution >= 0.6 is 0 Å². The highest BCUT2D eigenvalue weighted by molar-refractivity contribution is 5.59. The van der Waals surface area contributed by atoms with E-state index < -0.39 is 0 Å². The Hall–Kier alpha value is -3.24. The van der Waals surface area contributed by atoms with E-state index in [1.54, 1.807) is 28.4 Å². The largest absolute Gasteiger partial charge is 0.496 e. The van der Waals surface area contributed by atoms with Gasteiger partial charge in [0.1, 0.15) is 23.0 Å². The lowest BCUT2D eigenvalue weighted by molar-refractivity contribution is 0.387. The Labute approximate surface area is 193 Å². The molecule has 2 aromatic carbocycles. The van der Waals surface area contributed by atoms with E-state index in [1.165, 1.54) is 0 Å². The van der Waals surface area contributed by atoms with Gasteiger partial charge in [-0.05, 0) is 58.8 Å². The van der Waals surface area contributed by atoms with Gasteiger partial charge in [0, 0.05) is 11.1 Å². The van der Waals surface area contributed by atoms with Crippen molar-refractivity contribution in [3.63, 3.8) is 0 Å². The predicted molar refractivity (Wildman–Crippen MR) is 130 cm³/mol. The molecule has 2 rings (SSSR count). The van der Waals surface area contributed by atoms with Crippen LogP contribution in [-0.2, 0) is 10.8 Å². The van der Waals surface area contributed by atoms with Crippen molar-refractivity contribution in [1.29, 1.82) is 0 Å². The fraction of sp³-hybridized carbons (Fsp3) is 0.429. The summed E-state index contributed by atoms with van der Waals surface area (Å²) in [6.07, 6.45) is 0. The molecule has 0 fully saturated rings. The van der Waals surface area contributed by atoms with Crippen molar-refractivity contribution in [2.45, 2.75) is 52.4 Å². The molecule has 0 saturated heterocycles. The van der Waals surface area contributed by atoms with Crippen LogP contribution in [0, 0.1) is 23.7 Å². The molecule has 2 aromatic rings. The minimum atomic E-state index is -0.0841. The quantitative estimate of drug-likeness (QED) is 0.577. The van der Waals surface area contributed by atoms with Crippen molar-refractivity contribution >= 4 is 0 Å². The molecule has 0 aliphatic carbocycles. The van der Waals surface area contributed by atoms with Crippen LogP contribution in [0.25, 0.3) is 0 Å². The number of hydrogen-bond acceptors (Lipinski definition) is 4. The van der Waals surface area contributed by atoms with Crippen LogP contribution in [0.2, 0.25) is 0 Å². The second kappa shape index (κ2) is 9.92. The topological polar surface area (TPSA) is 36.9 Å². The first-order valence-corrected chi connectivity index (χ1v) is 10.5. The SMILES string of the molecule is COc1cc(C(C)(C)C)c(OC)cc1C#CC#Cc1cc(OC)c(C(C)(C)C)cc1OC. The van der Waals surface area contributed by atoms with Crippen LogP contribution in [0.1, 0.15) is 63.8 Å². The van der Waals surface area contributed by atoms with E-state index in [-0.39, 0.29) is 10.8 Å². The van der Waals surface area contributed by atoms with Gasteiger partial charge in [-0.25, -0.2) is 0 Å². The molecular weight excluding hydrogens is 400 g/mol. The van der Waals surface area contributed by atoms with E-state index in [0.717, 1.165) is 33.8 Å². The van der Waals surface area contributed by atoms with Crippen LogP contribution in [0.3, 0.4) is 0 Å². The molecule has 0 aromatic heterocycles. The van der Waals surface area contributed by atoms with Crippen molar-refractivity contribution in [3.05, 3.63) is 46.5 Å². The summed E-state index contributed by atoms with van der Waals surface area (Å²) in [5, 5.41) is 0. The Morgan fingerprint density at radius 3 is 1.06 bits per heavy atom. The van der Waals surface area contributed by atoms with E-state index in [0.29, 0.717) is 11.5 Å². The minimum Gasteiger partial charge on any atom is -0.496 e. The molecule has 0 aliphatic heterocycles. The molecule has 0 aliphatic rings. The van der Waals surface area contributed by atoms with E-state index in [1.807, 2.05) is 24.3 Å². The van der Waals surface area contributed by atoms with Crippen LogP contribution in [0.4, 0.5) is 0 Å². The Kier molecular flexibility index (Phi) is 7.76. The van der Waals surface area contributed by atoms with Crippen molar-refractivity contribution in [1.82, 2.24) is 0 Å². The zero-order valence-electron chi connectivity index (χ0n) is 20.9. The maximum absolute atomic E-state index is 5.59. The van der Waals surface area contributed by atoms with Crippen molar-refractivity contribution < 1.29 is 18.9 Å². The molecule has 4 nitrogen and oxygen atoms in total. The van der Waals surface area contributed by atoms with Gasteiger partial charge in [-0.1, -0.05) is 41.5 Å². The molecule has 170 valence electrons. The third-order valence-electron chi connectivity index (χ3n) is 5.12. The van der Waals surface area contributed by atoms with Crippen molar-refractivity contribution in [2.24, 2.45) is 0 Å². The van der Waals surface area contributed by atoms with E-state index in [9.17, 15) is 0 Å². The Morgan fingerprint density at radius 1 is 0.500 bits per heavy atom. The molecule has 0 spiro atoms. The van der Waals surface area contributed by atoms with Gasteiger partial charge in [0.2, 0.25) is 0 Å². The third-order valence-corrected chi connectivity index (χ3v) is 5.12. The molecule has 0 N–H and O–H groups in total. The Balaban J connectivity index is 2.49. The summed E-state index contributed by atoms with van der Waals surface area (Å²) in [6, 6.07) is 7.76. The molecule has 0 saturated carbocycles. The zero-order chi connectivity index (χ0) is 24.1. The number of hydrogen-bond donors (Lipinski definition) is 0. The molecule has 0 amide bonds. The van der Waals surface area contributed by atoms with Crippen LogP contribution in [-0.4, -0.2) is 28.4 Å². The first-order valence-electron chi connectivity index (χ1n) is 10.5. The average Bonchev–Trinajstić information content (AvgIpc) is 2.74. The maximum Gasteiger partial charge on any atom is 0.135 e. The van der Waals surface area contributed by atoms with Crippen LogP contribution < -0.4 is 18.9 Å². The van der Waals surface area contributed by atoms with Crippen molar-refractivity contribution in [3.8, 4) is 46.7 Å². The van der Waals surface area contributed by atoms with Gasteiger partial charge in [-0.15, -0.1) is 0 Å². The normalized spacial score (nSPS) is 10.9. The van der Waals surface area contributed by atoms with Gasteiger partial charge in [-0.3, -0.25) is 0 Å². The predicted octanol–water partition coefficient (Wildman–Crippen LogP) is 5.72. The minimum absolute atomic E-state index is 0.0841. The summed E-state index contributed by atoms with van der Waals surface area (Å²) in [6.45, 7) is 12.8. The van der Waals surface area contributed by atoms with Gasteiger partial charge in [0.05, 0.1) is 39.6 Å². The molecule has 32 heavy (non-hydrogen) atoms. The summed E-state index contributed by atoms with van der Waals surface area (Å²) in [5.41, 5.74) is 3.39. The van der Waals surface area contributed by atoms with E-state index in [2.05, 4.69) is 65.2 Å². The second-order valence-electron chi connectivity index (χ2n) is 9.51. The summed E-state index contributed by atoms with van der Waals surface area (Å²) in [4.78, 5) is 0. The van der Waals surface area contributed by atoms with Gasteiger partial charge < -0.3 is 18.9 Å². The van der Waals surface area contributed by atoms with Crippen LogP contribution in [0.5, 0.6) is 23.0 Å². The van der Waals surface area contributed by atoms with E-state index >= 15 is 0 Å². The fourth-order valence-electron chi connectivity index (χ4n) is 3.36. The highest BCUT2D eigenvalue weighted by Crippen LogP contribution is 2.37. The number of rotatable bonds is 4. The summed E-state index contributed by atoms with van der Waals surface area (Å²) in [7, 11) is 6.60. The first kappa shape index (κ1) is 25.0. The van der Waals surface area contributed by atoms with Gasteiger partial charge >= 0.3 is 0 Å². The lowest BCUT2D eigenvalue weighted by atomic mass is 9.85. The monoisotopic (exact) mass is 434 g/mol. The summed E-state index contributed by atoms with van der Waals surface area (Å²) in [5.74, 6) is 15.0. The van der Waals surface area contributed by atoms with Gasteiger partial charge in [-0.2, -0.15) is 0 Å². The molecule has 4 heteroatoms. The molecular formula is C28H34O4. The molecule has 0 bridgehead atoms. The lowest BCUT2D eigenvalue weighted by Crippen LogP contribution is -2.13. The molecule has 0 unspecified atom stereocenters. The first-order chi connectivity index (χ1) is 15.0. The van der Waals surface area contributed by atoms with Gasteiger partial charge in [0.25, 0.3) is 0 Å². The second-order valence-corrected chi connectivity index (χ2v) is 9.51. The number of benzene rings is 2. The Bertz CT molecular complexity index is 1000. The van der Waals surface area contributed by atoms with E-state index in [4.69, 9.17) is 18.9 Å². The fourth-order valence-corrected chi connectivity index (χ4v) is 3.36. The summed E-state index contributed by atoms with van der Waals surface area (Å²) < 4.78 is 22.3. The lowest BCUT2D eigenvalue weighted by Gasteiger charge is -2.23. The molecule has 0 radical (unpaired) electrons. The zero-order valence-corrected chi connectivity index (χ0v) is 20.9. The average molecular weight is 435 g/mol. The van der Waals surface area contributed by atoms with Crippen molar-refractivity contribution in [2.75, 3.05) is 28.4 Å². The Morgan fingerprint density at radius 2 is 0.812 bits per heavy atom. The van der Waals surface area contributed by atoms with Gasteiger partial charge in [0.15, 0.2) is 0 Å². The highest BCUT2D eigenvalue weighted by Gasteiger charge is 2.22. The maximum atomic E-state index is 5.59. The molecule has 0 heterocycles. The smallest absolute Gasteiger partial charge is 0.135 e.